The van der Waals surface area contributed by atoms with Crippen molar-refractivity contribution in [3.63, 3.8) is 0 Å². The van der Waals surface area contributed by atoms with Crippen LogP contribution in [-0.4, -0.2) is 70.7 Å². The van der Waals surface area contributed by atoms with Gasteiger partial charge in [-0.05, 0) is 0 Å². The van der Waals surface area contributed by atoms with Gasteiger partial charge in [-0.2, -0.15) is 0 Å². The van der Waals surface area contributed by atoms with Crippen LogP contribution in [0.2, 0.25) is 0 Å². The first kappa shape index (κ1) is 9.90. The average Bonchev–Trinajstić information content (AvgIpc) is 1.62. The number of hydrogen-bond donors (Lipinski definition) is 0. The molecule has 8 heavy (non-hydrogen) atoms. The molecule has 0 radical (unpaired) electrons. The molecule has 0 nitrogen and oxygen atoms in total. The maximum absolute atomic E-state index is 2.29. The Hall–Kier alpha value is 3.82. The fourth-order valence-corrected chi connectivity index (χ4v) is 185. The van der Waals surface area contributed by atoms with Crippen molar-refractivity contribution in [2.45, 2.75) is 0 Å². The van der Waals surface area contributed by atoms with E-state index in [2.05, 4.69) is 17.2 Å². The SMILES string of the molecule is S1[Se]S[Se][Se][Se][Se][Se]1. The molecular weight excluding hydrogens is 538 g/mol. The van der Waals surface area contributed by atoms with Crippen molar-refractivity contribution in [1.82, 2.24) is 0 Å². The molecule has 48 valence electrons. The van der Waals surface area contributed by atoms with Gasteiger partial charge in [0.25, 0.3) is 0 Å². The van der Waals surface area contributed by atoms with E-state index in [1.165, 1.54) is 11.3 Å². The predicted octanol–water partition coefficient (Wildman–Crippen LogP) is -0.988. The van der Waals surface area contributed by atoms with Gasteiger partial charge in [-0.3, -0.25) is 0 Å². The van der Waals surface area contributed by atoms with Gasteiger partial charge in [-0.25, -0.2) is 0 Å². The van der Waals surface area contributed by atoms with E-state index in [-0.39, 0.29) is 0 Å². The fraction of sp³-hybridized carbons (Fsp3) is 0. The van der Waals surface area contributed by atoms with Crippen LogP contribution < -0.4 is 0 Å². The van der Waals surface area contributed by atoms with Crippen LogP contribution in [0.1, 0.15) is 0 Å². The Balaban J connectivity index is 2.00. The second-order valence-electron chi connectivity index (χ2n) is 0.544. The van der Waals surface area contributed by atoms with Gasteiger partial charge in [0.15, 0.2) is 0 Å². The van der Waals surface area contributed by atoms with E-state index >= 15 is 0 Å². The minimum absolute atomic E-state index is 0.958. The Labute approximate surface area is 85.8 Å². The van der Waals surface area contributed by atoms with Crippen LogP contribution >= 0.6 is 17.2 Å². The molecular formula is S2Se6. The van der Waals surface area contributed by atoms with Crippen molar-refractivity contribution in [2.75, 3.05) is 0 Å². The van der Waals surface area contributed by atoms with Crippen LogP contribution in [0, 0.1) is 0 Å². The van der Waals surface area contributed by atoms with Gasteiger partial charge in [0.1, 0.15) is 0 Å². The van der Waals surface area contributed by atoms with E-state index in [4.69, 9.17) is 0 Å². The zero-order valence-electron chi connectivity index (χ0n) is 3.27. The molecule has 1 aliphatic heterocycles. The summed E-state index contributed by atoms with van der Waals surface area (Å²) in [6.07, 6.45) is 0. The summed E-state index contributed by atoms with van der Waals surface area (Å²) in [5, 5.41) is 0. The molecule has 8 heteroatoms. The molecule has 1 fully saturated rings. The van der Waals surface area contributed by atoms with Crippen LogP contribution in [0.4, 0.5) is 0 Å². The maximum atomic E-state index is 2.29. The Morgan fingerprint density at radius 1 is 0.750 bits per heavy atom. The van der Waals surface area contributed by atoms with E-state index < -0.39 is 0 Å². The van der Waals surface area contributed by atoms with Crippen LogP contribution in [0.15, 0.2) is 0 Å². The third-order valence-electron chi connectivity index (χ3n) is 0.222. The summed E-state index contributed by atoms with van der Waals surface area (Å²) in [6, 6.07) is 0. The zero-order valence-corrected chi connectivity index (χ0v) is 15.2. The molecule has 0 spiro atoms. The van der Waals surface area contributed by atoms with Gasteiger partial charge < -0.3 is 0 Å². The minimum atomic E-state index is 0.958. The summed E-state index contributed by atoms with van der Waals surface area (Å²) in [5.74, 6) is 0. The van der Waals surface area contributed by atoms with E-state index in [0.717, 1.165) is 59.3 Å². The summed E-state index contributed by atoms with van der Waals surface area (Å²) in [5.41, 5.74) is 0. The molecule has 0 bridgehead atoms. The molecule has 0 aromatic rings. The third kappa shape index (κ3) is 5.47. The standard InChI is InChI=1S/S2Se6/c1-3-2-5-7-8-6-4-1. The van der Waals surface area contributed by atoms with Crippen molar-refractivity contribution in [3.8, 4) is 0 Å². The number of rotatable bonds is 0. The van der Waals surface area contributed by atoms with Crippen molar-refractivity contribution >= 4 is 87.9 Å². The summed E-state index contributed by atoms with van der Waals surface area (Å²) < 4.78 is 0. The Morgan fingerprint density at radius 2 is 1.38 bits per heavy atom. The second-order valence-corrected chi connectivity index (χ2v) is 53.9. The molecule has 0 aliphatic carbocycles. The van der Waals surface area contributed by atoms with Crippen molar-refractivity contribution in [1.29, 1.82) is 0 Å². The molecule has 0 aromatic carbocycles. The molecule has 0 amide bonds. The summed E-state index contributed by atoms with van der Waals surface area (Å²) in [6.45, 7) is 0. The quantitative estimate of drug-likeness (QED) is 0.364. The molecule has 0 unspecified atom stereocenters. The van der Waals surface area contributed by atoms with Crippen LogP contribution in [0.25, 0.3) is 0 Å². The Kier molecular flexibility index (Phi) is 9.24. The summed E-state index contributed by atoms with van der Waals surface area (Å²) in [7, 11) is 4.57. The molecule has 1 aliphatic rings. The molecule has 1 heterocycles. The third-order valence-corrected chi connectivity index (χ3v) is 101. The van der Waals surface area contributed by atoms with Gasteiger partial charge >= 0.3 is 87.9 Å². The van der Waals surface area contributed by atoms with Gasteiger partial charge in [-0.15, -0.1) is 0 Å². The van der Waals surface area contributed by atoms with Gasteiger partial charge in [0.2, 0.25) is 0 Å². The molecule has 0 atom stereocenters. The summed E-state index contributed by atoms with van der Waals surface area (Å²) in [4.78, 5) is 0. The zero-order chi connectivity index (χ0) is 5.66. The fourth-order valence-electron chi connectivity index (χ4n) is 0.0907. The molecule has 1 rings (SSSR count). The van der Waals surface area contributed by atoms with Crippen molar-refractivity contribution in [2.24, 2.45) is 0 Å². The first-order valence-electron chi connectivity index (χ1n) is 1.33. The predicted molar refractivity (Wildman–Crippen MR) is 49.7 cm³/mol. The first-order chi connectivity index (χ1) is 4.00. The first-order valence-corrected chi connectivity index (χ1v) is 28.4. The molecule has 0 aromatic heterocycles. The second kappa shape index (κ2) is 7.47. The molecule has 0 saturated carbocycles. The molecule has 1 saturated heterocycles. The van der Waals surface area contributed by atoms with E-state index in [1.54, 1.807) is 0 Å². The van der Waals surface area contributed by atoms with E-state index in [0.29, 0.717) is 0 Å². The van der Waals surface area contributed by atoms with Crippen molar-refractivity contribution < 1.29 is 0 Å². The number of hydrogen-bond acceptors (Lipinski definition) is 2. The van der Waals surface area contributed by atoms with Crippen LogP contribution in [0.3, 0.4) is 0 Å². The van der Waals surface area contributed by atoms with E-state index in [1.807, 2.05) is 0 Å². The Bertz CT molecular complexity index is 30.5. The monoisotopic (exact) mass is 543 g/mol. The van der Waals surface area contributed by atoms with E-state index in [9.17, 15) is 0 Å². The van der Waals surface area contributed by atoms with Crippen LogP contribution in [0.5, 0.6) is 0 Å². The molecule has 0 N–H and O–H groups in total. The van der Waals surface area contributed by atoms with Gasteiger partial charge in [0.05, 0.1) is 0 Å². The normalized spacial score (nSPS) is 24.0. The van der Waals surface area contributed by atoms with Gasteiger partial charge in [-0.1, -0.05) is 0 Å². The topological polar surface area (TPSA) is 0 Å². The summed E-state index contributed by atoms with van der Waals surface area (Å²) >= 11 is 6.59. The Morgan fingerprint density at radius 3 is 2.00 bits per heavy atom. The van der Waals surface area contributed by atoms with Gasteiger partial charge in [0, 0.05) is 0 Å². The average molecular weight is 538 g/mol. The van der Waals surface area contributed by atoms with Crippen molar-refractivity contribution in [3.05, 3.63) is 0 Å². The van der Waals surface area contributed by atoms with Crippen LogP contribution in [-0.2, 0) is 0 Å².